The van der Waals surface area contributed by atoms with Crippen molar-refractivity contribution in [2.45, 2.75) is 19.0 Å². The number of amides is 1. The van der Waals surface area contributed by atoms with E-state index in [1.54, 1.807) is 17.8 Å². The van der Waals surface area contributed by atoms with E-state index < -0.39 is 6.04 Å². The van der Waals surface area contributed by atoms with Crippen LogP contribution < -0.4 is 10.5 Å². The highest BCUT2D eigenvalue weighted by atomic mass is 35.5. The predicted octanol–water partition coefficient (Wildman–Crippen LogP) is 1.98. The van der Waals surface area contributed by atoms with Crippen LogP contribution in [0.25, 0.3) is 0 Å². The number of piperazine rings is 1. The van der Waals surface area contributed by atoms with Gasteiger partial charge in [0, 0.05) is 32.7 Å². The Labute approximate surface area is 159 Å². The number of hydrogen-bond acceptors (Lipinski definition) is 5. The van der Waals surface area contributed by atoms with Crippen LogP contribution in [0.1, 0.15) is 12.0 Å². The molecular weight excluding hydrogens is 365 g/mol. The van der Waals surface area contributed by atoms with Gasteiger partial charge in [-0.15, -0.1) is 12.4 Å². The van der Waals surface area contributed by atoms with Crippen molar-refractivity contribution in [2.75, 3.05) is 45.3 Å². The zero-order valence-electron chi connectivity index (χ0n) is 14.7. The van der Waals surface area contributed by atoms with Crippen molar-refractivity contribution >= 4 is 30.1 Å². The van der Waals surface area contributed by atoms with Crippen LogP contribution in [0.5, 0.6) is 5.75 Å². The van der Waals surface area contributed by atoms with Crippen LogP contribution in [0.4, 0.5) is 4.39 Å². The van der Waals surface area contributed by atoms with Crippen molar-refractivity contribution in [3.8, 4) is 5.75 Å². The van der Waals surface area contributed by atoms with Crippen LogP contribution in [0.3, 0.4) is 0 Å². The van der Waals surface area contributed by atoms with Crippen LogP contribution in [0.15, 0.2) is 18.2 Å². The zero-order valence-corrected chi connectivity index (χ0v) is 16.4. The van der Waals surface area contributed by atoms with E-state index in [0.717, 1.165) is 24.4 Å². The van der Waals surface area contributed by atoms with Gasteiger partial charge in [-0.3, -0.25) is 9.69 Å². The highest BCUT2D eigenvalue weighted by molar-refractivity contribution is 7.98. The fourth-order valence-corrected chi connectivity index (χ4v) is 3.29. The Kier molecular flexibility index (Phi) is 9.56. The van der Waals surface area contributed by atoms with Crippen molar-refractivity contribution in [3.63, 3.8) is 0 Å². The molecule has 1 aromatic carbocycles. The van der Waals surface area contributed by atoms with Crippen LogP contribution in [-0.2, 0) is 11.3 Å². The summed E-state index contributed by atoms with van der Waals surface area (Å²) >= 11 is 1.70. The van der Waals surface area contributed by atoms with Gasteiger partial charge in [0.2, 0.25) is 5.91 Å². The van der Waals surface area contributed by atoms with Gasteiger partial charge in [-0.1, -0.05) is 6.07 Å². The molecule has 142 valence electrons. The van der Waals surface area contributed by atoms with Gasteiger partial charge >= 0.3 is 0 Å². The lowest BCUT2D eigenvalue weighted by Crippen LogP contribution is -2.53. The number of halogens is 2. The average molecular weight is 392 g/mol. The molecule has 1 aliphatic heterocycles. The Hall–Kier alpha value is -1.02. The minimum atomic E-state index is -0.403. The number of carbonyl (C=O) groups excluding carboxylic acids is 1. The van der Waals surface area contributed by atoms with E-state index in [1.807, 2.05) is 17.2 Å². The maximum atomic E-state index is 13.8. The molecule has 0 bridgehead atoms. The Bertz CT molecular complexity index is 557. The second kappa shape index (κ2) is 10.9. The van der Waals surface area contributed by atoms with Gasteiger partial charge in [-0.2, -0.15) is 11.8 Å². The number of carbonyl (C=O) groups is 1. The fraction of sp³-hybridized carbons (Fsp3) is 0.588. The molecule has 0 aromatic heterocycles. The van der Waals surface area contributed by atoms with E-state index in [4.69, 9.17) is 10.5 Å². The molecule has 1 saturated heterocycles. The minimum Gasteiger partial charge on any atom is -0.494 e. The SMILES string of the molecule is COc1ccc(CN2CCN(C(=O)C(N)CCSC)CC2)cc1F.Cl. The van der Waals surface area contributed by atoms with E-state index >= 15 is 0 Å². The molecular formula is C17H27ClFN3O2S. The molecule has 1 fully saturated rings. The summed E-state index contributed by atoms with van der Waals surface area (Å²) in [6.45, 7) is 3.56. The smallest absolute Gasteiger partial charge is 0.239 e. The number of thioether (sulfide) groups is 1. The third-order valence-electron chi connectivity index (χ3n) is 4.26. The van der Waals surface area contributed by atoms with Crippen molar-refractivity contribution in [1.29, 1.82) is 0 Å². The van der Waals surface area contributed by atoms with Crippen LogP contribution in [-0.4, -0.2) is 67.0 Å². The monoisotopic (exact) mass is 391 g/mol. The van der Waals surface area contributed by atoms with Gasteiger partial charge in [-0.25, -0.2) is 4.39 Å². The van der Waals surface area contributed by atoms with Crippen molar-refractivity contribution in [2.24, 2.45) is 5.73 Å². The second-order valence-electron chi connectivity index (χ2n) is 5.96. The van der Waals surface area contributed by atoms with Crippen molar-refractivity contribution in [1.82, 2.24) is 9.80 Å². The summed E-state index contributed by atoms with van der Waals surface area (Å²) in [5.74, 6) is 0.854. The van der Waals surface area contributed by atoms with E-state index in [-0.39, 0.29) is 29.9 Å². The van der Waals surface area contributed by atoms with Crippen molar-refractivity contribution < 1.29 is 13.9 Å². The van der Waals surface area contributed by atoms with Gasteiger partial charge in [0.05, 0.1) is 13.2 Å². The van der Waals surface area contributed by atoms with Crippen LogP contribution in [0, 0.1) is 5.82 Å². The molecule has 1 atom stereocenters. The Morgan fingerprint density at radius 1 is 1.36 bits per heavy atom. The number of nitrogens with two attached hydrogens (primary N) is 1. The first-order valence-corrected chi connectivity index (χ1v) is 9.52. The molecule has 5 nitrogen and oxygen atoms in total. The summed E-state index contributed by atoms with van der Waals surface area (Å²) in [7, 11) is 1.46. The molecule has 2 rings (SSSR count). The first kappa shape index (κ1) is 22.0. The largest absolute Gasteiger partial charge is 0.494 e. The average Bonchev–Trinajstić information content (AvgIpc) is 2.60. The maximum absolute atomic E-state index is 13.8. The fourth-order valence-electron chi connectivity index (χ4n) is 2.80. The number of methoxy groups -OCH3 is 1. The highest BCUT2D eigenvalue weighted by Crippen LogP contribution is 2.19. The van der Waals surface area contributed by atoms with Gasteiger partial charge < -0.3 is 15.4 Å². The quantitative estimate of drug-likeness (QED) is 0.770. The standard InChI is InChI=1S/C17H26FN3O2S.ClH/c1-23-16-4-3-13(11-14(16)18)12-20-6-8-21(9-7-20)17(22)15(19)5-10-24-2;/h3-4,11,15H,5-10,12,19H2,1-2H3;1H. The number of rotatable bonds is 7. The summed E-state index contributed by atoms with van der Waals surface area (Å²) < 4.78 is 18.7. The third kappa shape index (κ3) is 6.33. The van der Waals surface area contributed by atoms with Gasteiger partial charge in [-0.05, 0) is 36.1 Å². The molecule has 25 heavy (non-hydrogen) atoms. The summed E-state index contributed by atoms with van der Waals surface area (Å²) in [6, 6.07) is 4.63. The summed E-state index contributed by atoms with van der Waals surface area (Å²) in [6.07, 6.45) is 2.73. The summed E-state index contributed by atoms with van der Waals surface area (Å²) in [5, 5.41) is 0. The first-order valence-electron chi connectivity index (χ1n) is 8.13. The molecule has 1 aliphatic rings. The van der Waals surface area contributed by atoms with E-state index in [9.17, 15) is 9.18 Å². The molecule has 1 aromatic rings. The summed E-state index contributed by atoms with van der Waals surface area (Å²) in [5.41, 5.74) is 6.87. The molecule has 0 radical (unpaired) electrons. The van der Waals surface area contributed by atoms with Crippen LogP contribution in [0.2, 0.25) is 0 Å². The normalized spacial score (nSPS) is 16.2. The van der Waals surface area contributed by atoms with E-state index in [1.165, 1.54) is 13.2 Å². The van der Waals surface area contributed by atoms with Crippen LogP contribution >= 0.6 is 24.2 Å². The molecule has 1 unspecified atom stereocenters. The van der Waals surface area contributed by atoms with Gasteiger partial charge in [0.1, 0.15) is 0 Å². The molecule has 2 N–H and O–H groups in total. The Morgan fingerprint density at radius 3 is 2.60 bits per heavy atom. The van der Waals surface area contributed by atoms with Crippen molar-refractivity contribution in [3.05, 3.63) is 29.6 Å². The number of ether oxygens (including phenoxy) is 1. The number of nitrogens with zero attached hydrogens (tertiary/aromatic N) is 2. The second-order valence-corrected chi connectivity index (χ2v) is 6.94. The molecule has 0 aliphatic carbocycles. The first-order chi connectivity index (χ1) is 11.5. The van der Waals surface area contributed by atoms with E-state index in [0.29, 0.717) is 26.1 Å². The minimum absolute atomic E-state index is 0. The maximum Gasteiger partial charge on any atom is 0.239 e. The molecule has 8 heteroatoms. The Morgan fingerprint density at radius 2 is 2.04 bits per heavy atom. The summed E-state index contributed by atoms with van der Waals surface area (Å²) in [4.78, 5) is 16.4. The lowest BCUT2D eigenvalue weighted by Gasteiger charge is -2.36. The topological polar surface area (TPSA) is 58.8 Å². The molecule has 1 amide bonds. The number of benzene rings is 1. The van der Waals surface area contributed by atoms with E-state index in [2.05, 4.69) is 4.90 Å². The molecule has 0 spiro atoms. The Balaban J connectivity index is 0.00000312. The lowest BCUT2D eigenvalue weighted by molar-refractivity contribution is -0.134. The highest BCUT2D eigenvalue weighted by Gasteiger charge is 2.25. The third-order valence-corrected chi connectivity index (χ3v) is 4.90. The predicted molar refractivity (Wildman–Crippen MR) is 103 cm³/mol. The zero-order chi connectivity index (χ0) is 17.5. The molecule has 0 saturated carbocycles. The van der Waals surface area contributed by atoms with Gasteiger partial charge in [0.15, 0.2) is 11.6 Å². The lowest BCUT2D eigenvalue weighted by atomic mass is 10.1. The number of hydrogen-bond donors (Lipinski definition) is 1. The molecule has 1 heterocycles. The van der Waals surface area contributed by atoms with Gasteiger partial charge in [0.25, 0.3) is 0 Å².